The van der Waals surface area contributed by atoms with Crippen molar-refractivity contribution in [3.05, 3.63) is 35.4 Å². The number of carbonyl (C=O) groups is 1. The molecule has 0 amide bonds. The molecule has 0 spiro atoms. The van der Waals surface area contributed by atoms with E-state index in [1.165, 1.54) is 44.9 Å². The lowest BCUT2D eigenvalue weighted by molar-refractivity contribution is 0.0976. The molecule has 1 aromatic carbocycles. The molecule has 1 rings (SSSR count). The van der Waals surface area contributed by atoms with Crippen LogP contribution in [0.15, 0.2) is 18.7 Å². The summed E-state index contributed by atoms with van der Waals surface area (Å²) in [6, 6.07) is 3.67. The van der Waals surface area contributed by atoms with E-state index in [0.29, 0.717) is 17.5 Å². The van der Waals surface area contributed by atoms with Crippen LogP contribution in [0.25, 0.3) is 6.08 Å². The molecular weight excluding hydrogens is 284 g/mol. The first-order valence-corrected chi connectivity index (χ1v) is 9.10. The number of benzene rings is 1. The second kappa shape index (κ2) is 11.0. The number of hydrogen-bond acceptors (Lipinski definition) is 2. The molecule has 0 saturated carbocycles. The molecule has 0 bridgehead atoms. The molecule has 0 radical (unpaired) electrons. The summed E-state index contributed by atoms with van der Waals surface area (Å²) in [5, 5.41) is 10.2. The largest absolute Gasteiger partial charge is 0.507 e. The number of unbranched alkanes of at least 4 members (excludes halogenated alkanes) is 8. The first-order chi connectivity index (χ1) is 11.1. The van der Waals surface area contributed by atoms with Gasteiger partial charge < -0.3 is 5.11 Å². The molecule has 2 nitrogen and oxygen atoms in total. The highest BCUT2D eigenvalue weighted by Crippen LogP contribution is 2.28. The first-order valence-electron chi connectivity index (χ1n) is 9.10. The summed E-state index contributed by atoms with van der Waals surface area (Å²) in [5.41, 5.74) is 1.95. The van der Waals surface area contributed by atoms with E-state index in [0.717, 1.165) is 18.4 Å². The molecule has 0 saturated heterocycles. The summed E-state index contributed by atoms with van der Waals surface area (Å²) in [6.45, 7) is 7.78. The Hall–Kier alpha value is -1.57. The fraction of sp³-hybridized carbons (Fsp3) is 0.571. The Balaban J connectivity index is 2.31. The van der Waals surface area contributed by atoms with Crippen molar-refractivity contribution in [2.45, 2.75) is 78.1 Å². The minimum absolute atomic E-state index is 0.0478. The molecule has 0 heterocycles. The van der Waals surface area contributed by atoms with Gasteiger partial charge in [0.2, 0.25) is 0 Å². The monoisotopic (exact) mass is 316 g/mol. The van der Waals surface area contributed by atoms with E-state index < -0.39 is 0 Å². The summed E-state index contributed by atoms with van der Waals surface area (Å²) in [7, 11) is 0. The Morgan fingerprint density at radius 2 is 1.61 bits per heavy atom. The van der Waals surface area contributed by atoms with E-state index >= 15 is 0 Å². The third-order valence-corrected chi connectivity index (χ3v) is 4.42. The van der Waals surface area contributed by atoms with Crippen LogP contribution in [0, 0.1) is 6.92 Å². The molecule has 0 aliphatic carbocycles. The highest BCUT2D eigenvalue weighted by atomic mass is 16.3. The predicted molar refractivity (Wildman–Crippen MR) is 99.1 cm³/mol. The van der Waals surface area contributed by atoms with Gasteiger partial charge in [-0.3, -0.25) is 4.79 Å². The number of aryl methyl sites for hydroxylation is 1. The average molecular weight is 316 g/mol. The van der Waals surface area contributed by atoms with Crippen molar-refractivity contribution < 1.29 is 9.90 Å². The van der Waals surface area contributed by atoms with Gasteiger partial charge in [-0.15, -0.1) is 0 Å². The standard InChI is InChI=1S/C21H32O2/c1-4-6-7-8-9-10-11-12-13-14-19(22)20-17(3)15-16-18(5-2)21(20)23/h5,15-16,23H,2,4,6-14H2,1,3H3. The van der Waals surface area contributed by atoms with Crippen LogP contribution in [0.3, 0.4) is 0 Å². The van der Waals surface area contributed by atoms with Crippen LogP contribution in [0.2, 0.25) is 0 Å². The van der Waals surface area contributed by atoms with Crippen molar-refractivity contribution in [1.82, 2.24) is 0 Å². The van der Waals surface area contributed by atoms with Gasteiger partial charge in [0, 0.05) is 12.0 Å². The van der Waals surface area contributed by atoms with Gasteiger partial charge in [0.25, 0.3) is 0 Å². The summed E-state index contributed by atoms with van der Waals surface area (Å²) in [6.07, 6.45) is 13.2. The van der Waals surface area contributed by atoms with Crippen LogP contribution < -0.4 is 0 Å². The molecule has 0 aliphatic rings. The zero-order valence-electron chi connectivity index (χ0n) is 14.9. The third kappa shape index (κ3) is 6.60. The van der Waals surface area contributed by atoms with E-state index in [1.807, 2.05) is 13.0 Å². The van der Waals surface area contributed by atoms with Crippen LogP contribution in [0.1, 0.15) is 92.6 Å². The lowest BCUT2D eigenvalue weighted by Crippen LogP contribution is -2.03. The molecule has 0 aromatic heterocycles. The van der Waals surface area contributed by atoms with Gasteiger partial charge in [-0.25, -0.2) is 0 Å². The van der Waals surface area contributed by atoms with E-state index in [1.54, 1.807) is 12.1 Å². The van der Waals surface area contributed by atoms with Gasteiger partial charge in [0.05, 0.1) is 5.56 Å². The van der Waals surface area contributed by atoms with Gasteiger partial charge in [-0.05, 0) is 18.9 Å². The van der Waals surface area contributed by atoms with Crippen molar-refractivity contribution in [2.75, 3.05) is 0 Å². The molecule has 2 heteroatoms. The smallest absolute Gasteiger partial charge is 0.166 e. The molecule has 1 aromatic rings. The third-order valence-electron chi connectivity index (χ3n) is 4.42. The maximum absolute atomic E-state index is 12.4. The number of phenolic OH excluding ortho intramolecular Hbond substituents is 1. The van der Waals surface area contributed by atoms with Gasteiger partial charge in [0.1, 0.15) is 5.75 Å². The number of aromatic hydroxyl groups is 1. The second-order valence-corrected chi connectivity index (χ2v) is 6.40. The number of ketones is 1. The van der Waals surface area contributed by atoms with Crippen molar-refractivity contribution in [1.29, 1.82) is 0 Å². The zero-order chi connectivity index (χ0) is 17.1. The summed E-state index contributed by atoms with van der Waals surface area (Å²) >= 11 is 0. The Bertz CT molecular complexity index is 503. The van der Waals surface area contributed by atoms with Crippen LogP contribution in [0.5, 0.6) is 5.75 Å². The van der Waals surface area contributed by atoms with E-state index in [2.05, 4.69) is 13.5 Å². The zero-order valence-corrected chi connectivity index (χ0v) is 14.9. The number of phenols is 1. The van der Waals surface area contributed by atoms with Crippen molar-refractivity contribution >= 4 is 11.9 Å². The maximum Gasteiger partial charge on any atom is 0.166 e. The van der Waals surface area contributed by atoms with E-state index in [9.17, 15) is 9.90 Å². The molecule has 0 unspecified atom stereocenters. The van der Waals surface area contributed by atoms with Gasteiger partial charge in [-0.2, -0.15) is 0 Å². The topological polar surface area (TPSA) is 37.3 Å². The Labute approximate surface area is 141 Å². The average Bonchev–Trinajstić information content (AvgIpc) is 2.53. The van der Waals surface area contributed by atoms with Gasteiger partial charge in [0.15, 0.2) is 5.78 Å². The summed E-state index contributed by atoms with van der Waals surface area (Å²) in [4.78, 5) is 12.4. The summed E-state index contributed by atoms with van der Waals surface area (Å²) in [5.74, 6) is 0.132. The quantitative estimate of drug-likeness (QED) is 0.355. The van der Waals surface area contributed by atoms with Crippen molar-refractivity contribution in [3.8, 4) is 5.75 Å². The van der Waals surface area contributed by atoms with E-state index in [4.69, 9.17) is 0 Å². The molecule has 0 aliphatic heterocycles. The molecular formula is C21H32O2. The Kier molecular flexibility index (Phi) is 9.35. The fourth-order valence-electron chi connectivity index (χ4n) is 2.95. The van der Waals surface area contributed by atoms with Crippen LogP contribution in [-0.2, 0) is 0 Å². The number of rotatable bonds is 12. The lowest BCUT2D eigenvalue weighted by atomic mass is 9.96. The Morgan fingerprint density at radius 3 is 2.17 bits per heavy atom. The predicted octanol–water partition coefficient (Wildman–Crippen LogP) is 6.45. The number of hydrogen-bond donors (Lipinski definition) is 1. The minimum atomic E-state index is 0.0478. The number of Topliss-reactive ketones (excluding diaryl/α,β-unsaturated/α-hetero) is 1. The van der Waals surface area contributed by atoms with Crippen LogP contribution in [-0.4, -0.2) is 10.9 Å². The summed E-state index contributed by atoms with van der Waals surface area (Å²) < 4.78 is 0. The van der Waals surface area contributed by atoms with Crippen molar-refractivity contribution in [2.24, 2.45) is 0 Å². The highest BCUT2D eigenvalue weighted by Gasteiger charge is 2.15. The fourth-order valence-corrected chi connectivity index (χ4v) is 2.95. The van der Waals surface area contributed by atoms with Crippen LogP contribution >= 0.6 is 0 Å². The molecule has 1 N–H and O–H groups in total. The first kappa shape index (κ1) is 19.5. The molecule has 0 atom stereocenters. The lowest BCUT2D eigenvalue weighted by Gasteiger charge is -2.10. The second-order valence-electron chi connectivity index (χ2n) is 6.40. The Morgan fingerprint density at radius 1 is 1.04 bits per heavy atom. The van der Waals surface area contributed by atoms with Gasteiger partial charge >= 0.3 is 0 Å². The van der Waals surface area contributed by atoms with Gasteiger partial charge in [-0.1, -0.05) is 83.1 Å². The molecule has 0 fully saturated rings. The maximum atomic E-state index is 12.4. The molecule has 128 valence electrons. The normalized spacial score (nSPS) is 10.7. The van der Waals surface area contributed by atoms with Crippen molar-refractivity contribution in [3.63, 3.8) is 0 Å². The molecule has 23 heavy (non-hydrogen) atoms. The SMILES string of the molecule is C=Cc1ccc(C)c(C(=O)CCCCCCCCCCC)c1O. The van der Waals surface area contributed by atoms with Crippen LogP contribution in [0.4, 0.5) is 0 Å². The minimum Gasteiger partial charge on any atom is -0.507 e. The number of carbonyl (C=O) groups excluding carboxylic acids is 1. The van der Waals surface area contributed by atoms with E-state index in [-0.39, 0.29) is 11.5 Å². The highest BCUT2D eigenvalue weighted by molar-refractivity contribution is 6.00.